The minimum Gasteiger partial charge on any atom is -0.543 e. The topological polar surface area (TPSA) is 101 Å². The number of benzene rings is 1. The van der Waals surface area contributed by atoms with Crippen LogP contribution >= 0.6 is 0 Å². The molecule has 3 atom stereocenters. The summed E-state index contributed by atoms with van der Waals surface area (Å²) in [7, 11) is 0. The van der Waals surface area contributed by atoms with Crippen molar-refractivity contribution in [3.63, 3.8) is 0 Å². The van der Waals surface area contributed by atoms with Crippen LogP contribution in [0.1, 0.15) is 18.9 Å². The average molecular weight is 311 g/mol. The Balaban J connectivity index is 0.00000176. The number of amides is 1. The summed E-state index contributed by atoms with van der Waals surface area (Å²) in [5, 5.41) is 30.3. The molecule has 0 aromatic heterocycles. The maximum absolute atomic E-state index is 12.0. The number of hydrogen-bond donors (Lipinski definition) is 2. The van der Waals surface area contributed by atoms with E-state index < -0.39 is 18.0 Å². The van der Waals surface area contributed by atoms with Gasteiger partial charge in [0.05, 0.1) is 29.7 Å². The van der Waals surface area contributed by atoms with Gasteiger partial charge in [-0.15, -0.1) is 0 Å². The first-order valence-corrected chi connectivity index (χ1v) is 6.67. The van der Waals surface area contributed by atoms with E-state index in [0.717, 1.165) is 0 Å². The molecule has 0 unspecified atom stereocenters. The van der Waals surface area contributed by atoms with E-state index in [2.05, 4.69) is 0 Å². The van der Waals surface area contributed by atoms with Crippen LogP contribution in [0.25, 0.3) is 5.57 Å². The Kier molecular flexibility index (Phi) is 4.67. The summed E-state index contributed by atoms with van der Waals surface area (Å²) in [6.07, 6.45) is -0.462. The van der Waals surface area contributed by atoms with Gasteiger partial charge >= 0.3 is 29.6 Å². The number of carbonyl (C=O) groups is 2. The van der Waals surface area contributed by atoms with Crippen molar-refractivity contribution in [2.24, 2.45) is 5.92 Å². The van der Waals surface area contributed by atoms with Crippen molar-refractivity contribution in [1.82, 2.24) is 4.90 Å². The van der Waals surface area contributed by atoms with Gasteiger partial charge in [-0.05, 0) is 36.6 Å². The number of nitrogens with zero attached hydrogens (tertiary/aromatic N) is 1. The molecule has 0 saturated carbocycles. The summed E-state index contributed by atoms with van der Waals surface area (Å²) in [4.78, 5) is 24.6. The first-order valence-electron chi connectivity index (χ1n) is 6.67. The van der Waals surface area contributed by atoms with E-state index in [-0.39, 0.29) is 53.0 Å². The zero-order chi connectivity index (χ0) is 15.3. The first-order chi connectivity index (χ1) is 9.91. The van der Waals surface area contributed by atoms with E-state index in [1.54, 1.807) is 12.1 Å². The molecule has 3 rings (SSSR count). The predicted octanol–water partition coefficient (Wildman–Crippen LogP) is -3.53. The molecule has 1 amide bonds. The van der Waals surface area contributed by atoms with Crippen LogP contribution in [0.15, 0.2) is 30.0 Å². The second kappa shape index (κ2) is 6.04. The fraction of sp³-hybridized carbons (Fsp3) is 0.333. The molecule has 7 heteroatoms. The Hall–Kier alpha value is -1.34. The largest absolute Gasteiger partial charge is 1.00 e. The number of aliphatic hydroxyl groups is 1. The van der Waals surface area contributed by atoms with Crippen molar-refractivity contribution in [1.29, 1.82) is 0 Å². The molecule has 2 N–H and O–H groups in total. The van der Waals surface area contributed by atoms with Gasteiger partial charge in [0.1, 0.15) is 5.75 Å². The molecule has 0 spiro atoms. The van der Waals surface area contributed by atoms with Gasteiger partial charge in [0.2, 0.25) is 5.91 Å². The average Bonchev–Trinajstić information content (AvgIpc) is 2.74. The normalized spacial score (nSPS) is 24.5. The molecule has 0 radical (unpaired) electrons. The second-order valence-corrected chi connectivity index (χ2v) is 5.41. The Morgan fingerprint density at radius 2 is 1.95 bits per heavy atom. The van der Waals surface area contributed by atoms with Crippen LogP contribution in [-0.4, -0.2) is 39.1 Å². The standard InChI is InChI=1S/C15H15NO5.Na/c1-7(17)12-11-6-10(8-2-4-9(18)5-3-8)13(15(20)21)16(11)14(12)19;/h2-5,7,11-12,17-18H,6H2,1H3,(H,20,21);/q;+1/p-1/t7-,11-,12-;/m1./s1. The van der Waals surface area contributed by atoms with E-state index in [4.69, 9.17) is 0 Å². The number of rotatable bonds is 3. The second-order valence-electron chi connectivity index (χ2n) is 5.41. The molecule has 2 aliphatic heterocycles. The van der Waals surface area contributed by atoms with Gasteiger partial charge in [0.15, 0.2) is 0 Å². The third-order valence-corrected chi connectivity index (χ3v) is 4.14. The van der Waals surface area contributed by atoms with Crippen LogP contribution in [0.4, 0.5) is 0 Å². The van der Waals surface area contributed by atoms with Crippen molar-refractivity contribution in [3.05, 3.63) is 35.5 Å². The molecular formula is C15H14NNaO5. The van der Waals surface area contributed by atoms with Crippen molar-refractivity contribution in [2.45, 2.75) is 25.5 Å². The maximum atomic E-state index is 12.0. The third-order valence-electron chi connectivity index (χ3n) is 4.14. The molecule has 1 aromatic rings. The number of phenols is 1. The fourth-order valence-electron chi connectivity index (χ4n) is 3.18. The number of aliphatic hydroxyl groups excluding tert-OH is 1. The zero-order valence-corrected chi connectivity index (χ0v) is 14.3. The smallest absolute Gasteiger partial charge is 0.543 e. The summed E-state index contributed by atoms with van der Waals surface area (Å²) in [6, 6.07) is 5.77. The molecule has 1 saturated heterocycles. The molecule has 22 heavy (non-hydrogen) atoms. The van der Waals surface area contributed by atoms with Gasteiger partial charge in [0, 0.05) is 0 Å². The molecule has 1 fully saturated rings. The SMILES string of the molecule is C[C@@H](O)[C@H]1C(=O)N2C(C(=O)[O-])=C(c3ccc(O)cc3)C[C@H]12.[Na+]. The van der Waals surface area contributed by atoms with Crippen LogP contribution in [0.2, 0.25) is 0 Å². The van der Waals surface area contributed by atoms with E-state index in [9.17, 15) is 24.9 Å². The van der Waals surface area contributed by atoms with Gasteiger partial charge in [-0.3, -0.25) is 4.79 Å². The fourth-order valence-corrected chi connectivity index (χ4v) is 3.18. The molecule has 0 bridgehead atoms. The van der Waals surface area contributed by atoms with Gasteiger partial charge in [-0.1, -0.05) is 12.1 Å². The van der Waals surface area contributed by atoms with Crippen LogP contribution in [0.3, 0.4) is 0 Å². The minimum atomic E-state index is -1.40. The van der Waals surface area contributed by atoms with Crippen molar-refractivity contribution < 1.29 is 54.5 Å². The molecule has 2 aliphatic rings. The van der Waals surface area contributed by atoms with E-state index in [0.29, 0.717) is 17.6 Å². The summed E-state index contributed by atoms with van der Waals surface area (Å²) in [5.74, 6) is -2.29. The molecular weight excluding hydrogens is 297 g/mol. The Morgan fingerprint density at radius 1 is 1.36 bits per heavy atom. The number of fused-ring (bicyclic) bond motifs is 1. The number of aromatic hydroxyl groups is 1. The van der Waals surface area contributed by atoms with Crippen LogP contribution in [0.5, 0.6) is 5.75 Å². The van der Waals surface area contributed by atoms with Gasteiger partial charge < -0.3 is 25.0 Å². The van der Waals surface area contributed by atoms with Crippen molar-refractivity contribution >= 4 is 17.4 Å². The zero-order valence-electron chi connectivity index (χ0n) is 12.3. The quantitative estimate of drug-likeness (QED) is 0.445. The Labute approximate surface area is 149 Å². The van der Waals surface area contributed by atoms with Gasteiger partial charge in [-0.25, -0.2) is 0 Å². The van der Waals surface area contributed by atoms with Gasteiger partial charge in [-0.2, -0.15) is 0 Å². The molecule has 0 aliphatic carbocycles. The molecule has 1 aromatic carbocycles. The third kappa shape index (κ3) is 2.46. The van der Waals surface area contributed by atoms with Crippen LogP contribution in [0, 0.1) is 5.92 Å². The van der Waals surface area contributed by atoms with E-state index >= 15 is 0 Å². The number of carboxylic acids is 1. The number of aliphatic carboxylic acids is 1. The molecule has 6 nitrogen and oxygen atoms in total. The number of β-lactam (4-membered cyclic amide) rings is 1. The minimum absolute atomic E-state index is 0. The Morgan fingerprint density at radius 3 is 2.45 bits per heavy atom. The number of carboxylic acid groups (broad SMARTS) is 1. The molecule has 110 valence electrons. The van der Waals surface area contributed by atoms with E-state index in [1.165, 1.54) is 24.0 Å². The number of phenolic OH excluding ortho intramolecular Hbond substituents is 1. The number of carbonyl (C=O) groups excluding carboxylic acids is 2. The van der Waals surface area contributed by atoms with Crippen molar-refractivity contribution in [2.75, 3.05) is 0 Å². The summed E-state index contributed by atoms with van der Waals surface area (Å²) >= 11 is 0. The maximum Gasteiger partial charge on any atom is 1.00 e. The summed E-state index contributed by atoms with van der Waals surface area (Å²) in [5.41, 5.74) is 0.989. The summed E-state index contributed by atoms with van der Waals surface area (Å²) < 4.78 is 0. The van der Waals surface area contributed by atoms with E-state index in [1.807, 2.05) is 0 Å². The first kappa shape index (κ1) is 17.0. The van der Waals surface area contributed by atoms with Crippen molar-refractivity contribution in [3.8, 4) is 5.75 Å². The Bertz CT molecular complexity index is 652. The van der Waals surface area contributed by atoms with Crippen LogP contribution in [-0.2, 0) is 9.59 Å². The summed E-state index contributed by atoms with van der Waals surface area (Å²) in [6.45, 7) is 1.52. The van der Waals surface area contributed by atoms with Gasteiger partial charge in [0.25, 0.3) is 0 Å². The monoisotopic (exact) mass is 311 g/mol. The predicted molar refractivity (Wildman–Crippen MR) is 70.5 cm³/mol. The van der Waals surface area contributed by atoms with Crippen LogP contribution < -0.4 is 34.7 Å². The number of hydrogen-bond acceptors (Lipinski definition) is 5. The molecule has 2 heterocycles.